The molecule has 41 heavy (non-hydrogen) atoms. The van der Waals surface area contributed by atoms with Crippen molar-refractivity contribution < 1.29 is 40.6 Å². The molecule has 0 spiro atoms. The molecule has 11 heteroatoms. The standard InChI is InChI=1S/C30H38F6N2O3/c1-39-26-17-21(18-27(40-2)28(26)41-3)25(38-13-11-37(12-14-38)24-7-5-4-6-8-24)10-9-20-15-22(29(31,32)33)19-23(16-20)30(34,35)36/h15-19,24-25H,4-14H2,1-3H3. The number of hydrogen-bond acceptors (Lipinski definition) is 5. The van der Waals surface area contributed by atoms with Crippen LogP contribution in [0, 0.1) is 0 Å². The molecule has 1 aliphatic carbocycles. The Bertz CT molecular complexity index is 1100. The molecule has 2 aliphatic rings. The maximum absolute atomic E-state index is 13.5. The van der Waals surface area contributed by atoms with Crippen LogP contribution in [0.15, 0.2) is 30.3 Å². The fourth-order valence-electron chi connectivity index (χ4n) is 6.18. The van der Waals surface area contributed by atoms with Gasteiger partial charge >= 0.3 is 12.4 Å². The Morgan fingerprint density at radius 1 is 0.732 bits per heavy atom. The molecule has 1 saturated carbocycles. The first-order valence-corrected chi connectivity index (χ1v) is 14.0. The van der Waals surface area contributed by atoms with E-state index in [1.54, 1.807) is 0 Å². The van der Waals surface area contributed by atoms with E-state index in [9.17, 15) is 26.3 Å². The molecule has 228 valence electrons. The van der Waals surface area contributed by atoms with Crippen LogP contribution in [0.25, 0.3) is 0 Å². The minimum absolute atomic E-state index is 0.00886. The van der Waals surface area contributed by atoms with Gasteiger partial charge in [0.2, 0.25) is 5.75 Å². The van der Waals surface area contributed by atoms with Gasteiger partial charge in [-0.2, -0.15) is 26.3 Å². The predicted octanol–water partition coefficient (Wildman–Crippen LogP) is 7.37. The largest absolute Gasteiger partial charge is 0.493 e. The van der Waals surface area contributed by atoms with Gasteiger partial charge in [0.05, 0.1) is 32.5 Å². The molecule has 1 saturated heterocycles. The molecule has 2 aromatic carbocycles. The van der Waals surface area contributed by atoms with Crippen LogP contribution in [0.1, 0.15) is 66.8 Å². The summed E-state index contributed by atoms with van der Waals surface area (Å²) in [6.07, 6.45) is -3.33. The fourth-order valence-corrected chi connectivity index (χ4v) is 6.18. The minimum atomic E-state index is -4.89. The fraction of sp³-hybridized carbons (Fsp3) is 0.600. The van der Waals surface area contributed by atoms with Crippen LogP contribution >= 0.6 is 0 Å². The Morgan fingerprint density at radius 3 is 1.73 bits per heavy atom. The average Bonchev–Trinajstić information content (AvgIpc) is 2.96. The summed E-state index contributed by atoms with van der Waals surface area (Å²) >= 11 is 0. The Kier molecular flexibility index (Phi) is 10.00. The molecule has 1 aliphatic heterocycles. The van der Waals surface area contributed by atoms with Crippen LogP contribution in [0.5, 0.6) is 17.2 Å². The van der Waals surface area contributed by atoms with Gasteiger partial charge in [0.25, 0.3) is 0 Å². The van der Waals surface area contributed by atoms with Gasteiger partial charge in [-0.1, -0.05) is 19.3 Å². The van der Waals surface area contributed by atoms with Crippen molar-refractivity contribution in [3.05, 3.63) is 52.6 Å². The highest BCUT2D eigenvalue weighted by molar-refractivity contribution is 5.54. The zero-order valence-corrected chi connectivity index (χ0v) is 23.7. The van der Waals surface area contributed by atoms with Gasteiger partial charge in [0.1, 0.15) is 0 Å². The smallest absolute Gasteiger partial charge is 0.416 e. The molecule has 0 amide bonds. The van der Waals surface area contributed by atoms with Gasteiger partial charge in [-0.05, 0) is 67.1 Å². The summed E-state index contributed by atoms with van der Waals surface area (Å²) in [7, 11) is 4.49. The molecular formula is C30H38F6N2O3. The van der Waals surface area contributed by atoms with E-state index < -0.39 is 23.5 Å². The van der Waals surface area contributed by atoms with Crippen molar-refractivity contribution in [1.82, 2.24) is 9.80 Å². The molecule has 2 aromatic rings. The van der Waals surface area contributed by atoms with Crippen molar-refractivity contribution in [2.24, 2.45) is 0 Å². The number of halogens is 6. The van der Waals surface area contributed by atoms with E-state index in [2.05, 4.69) is 9.80 Å². The average molecular weight is 589 g/mol. The number of hydrogen-bond donors (Lipinski definition) is 0. The van der Waals surface area contributed by atoms with E-state index in [4.69, 9.17) is 14.2 Å². The van der Waals surface area contributed by atoms with Crippen molar-refractivity contribution in [3.8, 4) is 17.2 Å². The summed E-state index contributed by atoms with van der Waals surface area (Å²) in [4.78, 5) is 4.78. The monoisotopic (exact) mass is 588 g/mol. The molecule has 1 atom stereocenters. The Hall–Kier alpha value is -2.66. The summed E-state index contributed by atoms with van der Waals surface area (Å²) < 4.78 is 97.5. The number of nitrogens with zero attached hydrogens (tertiary/aromatic N) is 2. The first kappa shape index (κ1) is 31.3. The molecule has 0 N–H and O–H groups in total. The number of benzene rings is 2. The molecule has 1 unspecified atom stereocenters. The zero-order valence-electron chi connectivity index (χ0n) is 23.7. The molecule has 4 rings (SSSR count). The molecule has 5 nitrogen and oxygen atoms in total. The Balaban J connectivity index is 1.64. The molecule has 0 radical (unpaired) electrons. The number of ether oxygens (including phenoxy) is 3. The van der Waals surface area contributed by atoms with E-state index in [-0.39, 0.29) is 24.1 Å². The lowest BCUT2D eigenvalue weighted by Crippen LogP contribution is -2.51. The topological polar surface area (TPSA) is 34.2 Å². The van der Waals surface area contributed by atoms with E-state index >= 15 is 0 Å². The zero-order chi connectivity index (χ0) is 29.8. The van der Waals surface area contributed by atoms with Crippen molar-refractivity contribution in [3.63, 3.8) is 0 Å². The van der Waals surface area contributed by atoms with E-state index in [1.807, 2.05) is 12.1 Å². The lowest BCUT2D eigenvalue weighted by molar-refractivity contribution is -0.143. The quantitative estimate of drug-likeness (QED) is 0.286. The number of piperazine rings is 1. The van der Waals surface area contributed by atoms with Crippen LogP contribution in [-0.2, 0) is 18.8 Å². The van der Waals surface area contributed by atoms with Crippen LogP contribution in [0.2, 0.25) is 0 Å². The van der Waals surface area contributed by atoms with Crippen LogP contribution < -0.4 is 14.2 Å². The molecule has 2 fully saturated rings. The third kappa shape index (κ3) is 7.60. The first-order valence-electron chi connectivity index (χ1n) is 14.0. The second kappa shape index (κ2) is 13.1. The molecule has 1 heterocycles. The van der Waals surface area contributed by atoms with Crippen molar-refractivity contribution in [2.75, 3.05) is 47.5 Å². The van der Waals surface area contributed by atoms with Gasteiger partial charge in [-0.15, -0.1) is 0 Å². The Labute approximate surface area is 237 Å². The predicted molar refractivity (Wildman–Crippen MR) is 144 cm³/mol. The summed E-state index contributed by atoms with van der Waals surface area (Å²) in [6, 6.07) is 5.72. The van der Waals surface area contributed by atoms with Gasteiger partial charge in [-0.25, -0.2) is 0 Å². The SMILES string of the molecule is COc1cc(C(CCc2cc(C(F)(F)F)cc(C(F)(F)F)c2)N2CCN(C3CCCCC3)CC2)cc(OC)c1OC. The number of methoxy groups -OCH3 is 3. The van der Waals surface area contributed by atoms with E-state index in [0.717, 1.165) is 43.9 Å². The number of alkyl halides is 6. The van der Waals surface area contributed by atoms with Crippen LogP contribution in [-0.4, -0.2) is 63.4 Å². The maximum atomic E-state index is 13.5. The molecule has 0 aromatic heterocycles. The second-order valence-corrected chi connectivity index (χ2v) is 10.8. The van der Waals surface area contributed by atoms with Gasteiger partial charge < -0.3 is 14.2 Å². The Morgan fingerprint density at radius 2 is 1.27 bits per heavy atom. The highest BCUT2D eigenvalue weighted by Crippen LogP contribution is 2.42. The minimum Gasteiger partial charge on any atom is -0.493 e. The summed E-state index contributed by atoms with van der Waals surface area (Å²) in [5.41, 5.74) is -1.81. The summed E-state index contributed by atoms with van der Waals surface area (Å²) in [5, 5.41) is 0. The number of rotatable bonds is 9. The maximum Gasteiger partial charge on any atom is 0.416 e. The number of aryl methyl sites for hydroxylation is 1. The van der Waals surface area contributed by atoms with Gasteiger partial charge in [-0.3, -0.25) is 9.80 Å². The first-order chi connectivity index (χ1) is 19.4. The van der Waals surface area contributed by atoms with Gasteiger partial charge in [0.15, 0.2) is 11.5 Å². The third-order valence-corrected chi connectivity index (χ3v) is 8.31. The summed E-state index contributed by atoms with van der Waals surface area (Å²) in [6.45, 7) is 3.17. The lowest BCUT2D eigenvalue weighted by Gasteiger charge is -2.43. The highest BCUT2D eigenvalue weighted by atomic mass is 19.4. The normalized spacial score (nSPS) is 18.8. The van der Waals surface area contributed by atoms with Gasteiger partial charge in [0, 0.05) is 38.3 Å². The van der Waals surface area contributed by atoms with E-state index in [1.165, 1.54) is 53.4 Å². The third-order valence-electron chi connectivity index (χ3n) is 8.31. The van der Waals surface area contributed by atoms with Crippen LogP contribution in [0.3, 0.4) is 0 Å². The molecule has 0 bridgehead atoms. The van der Waals surface area contributed by atoms with E-state index in [0.29, 0.717) is 29.7 Å². The van der Waals surface area contributed by atoms with Crippen LogP contribution in [0.4, 0.5) is 26.3 Å². The molecular weight excluding hydrogens is 550 g/mol. The second-order valence-electron chi connectivity index (χ2n) is 10.8. The highest BCUT2D eigenvalue weighted by Gasteiger charge is 2.37. The van der Waals surface area contributed by atoms with Crippen molar-refractivity contribution in [2.45, 2.75) is 69.4 Å². The lowest BCUT2D eigenvalue weighted by atomic mass is 9.92. The van der Waals surface area contributed by atoms with Crippen molar-refractivity contribution >= 4 is 0 Å². The van der Waals surface area contributed by atoms with Crippen molar-refractivity contribution in [1.29, 1.82) is 0 Å². The summed E-state index contributed by atoms with van der Waals surface area (Å²) in [5.74, 6) is 1.28.